The molecule has 1 aromatic rings. The molecule has 3 N–H and O–H groups in total. The fourth-order valence-electron chi connectivity index (χ4n) is 0.779. The van der Waals surface area contributed by atoms with Gasteiger partial charge in [-0.1, -0.05) is 12.1 Å². The maximum atomic E-state index is 9.21. The first-order chi connectivity index (χ1) is 5.84. The Kier molecular flexibility index (Phi) is 3.37. The summed E-state index contributed by atoms with van der Waals surface area (Å²) in [5.74, 6) is 5.35. The first kappa shape index (κ1) is 8.83. The molecule has 0 aromatic heterocycles. The van der Waals surface area contributed by atoms with Crippen LogP contribution in [-0.4, -0.2) is 18.3 Å². The lowest BCUT2D eigenvalue weighted by Crippen LogP contribution is -2.09. The van der Waals surface area contributed by atoms with E-state index < -0.39 is 0 Å². The third kappa shape index (κ3) is 2.41. The Morgan fingerprint density at radius 2 is 2.00 bits per heavy atom. The Morgan fingerprint density at radius 3 is 2.67 bits per heavy atom. The smallest absolute Gasteiger partial charge is 0.161 e. The molecule has 1 aromatic carbocycles. The average molecular weight is 169 g/mol. The van der Waals surface area contributed by atoms with E-state index in [1.54, 1.807) is 24.3 Å². The van der Waals surface area contributed by atoms with Gasteiger partial charge in [0.05, 0.1) is 0 Å². The minimum atomic E-state index is 0.120. The van der Waals surface area contributed by atoms with E-state index in [2.05, 4.69) is 4.84 Å². The van der Waals surface area contributed by atoms with E-state index in [1.165, 1.54) is 0 Å². The van der Waals surface area contributed by atoms with Gasteiger partial charge in [-0.15, -0.1) is 0 Å². The summed E-state index contributed by atoms with van der Waals surface area (Å²) in [7, 11) is 0. The van der Waals surface area contributed by atoms with Crippen molar-refractivity contribution in [2.24, 2.45) is 5.90 Å². The molecule has 1 rings (SSSR count). The topological polar surface area (TPSA) is 64.7 Å². The van der Waals surface area contributed by atoms with Crippen molar-refractivity contribution in [1.82, 2.24) is 0 Å². The third-order valence-corrected chi connectivity index (χ3v) is 1.32. The van der Waals surface area contributed by atoms with Gasteiger partial charge >= 0.3 is 0 Å². The fraction of sp³-hybridized carbons (Fsp3) is 0.250. The summed E-state index contributed by atoms with van der Waals surface area (Å²) in [5.41, 5.74) is 0. The second-order valence-corrected chi connectivity index (χ2v) is 2.19. The number of rotatable bonds is 4. The van der Waals surface area contributed by atoms with Crippen LogP contribution >= 0.6 is 0 Å². The molecule has 4 nitrogen and oxygen atoms in total. The van der Waals surface area contributed by atoms with Gasteiger partial charge in [-0.2, -0.15) is 0 Å². The number of benzene rings is 1. The summed E-state index contributed by atoms with van der Waals surface area (Å²) in [6, 6.07) is 6.73. The summed E-state index contributed by atoms with van der Waals surface area (Å²) >= 11 is 0. The molecule has 0 aliphatic carbocycles. The van der Waals surface area contributed by atoms with Gasteiger partial charge in [0.25, 0.3) is 0 Å². The van der Waals surface area contributed by atoms with Gasteiger partial charge in [0.15, 0.2) is 11.5 Å². The predicted octanol–water partition coefficient (Wildman–Crippen LogP) is 0.661. The fourth-order valence-corrected chi connectivity index (χ4v) is 0.779. The monoisotopic (exact) mass is 169 g/mol. The van der Waals surface area contributed by atoms with Crippen LogP contribution in [0.1, 0.15) is 0 Å². The number of phenolic OH excluding ortho intramolecular Hbond substituents is 1. The van der Waals surface area contributed by atoms with Gasteiger partial charge in [-0.05, 0) is 12.1 Å². The quantitative estimate of drug-likeness (QED) is 0.513. The minimum absolute atomic E-state index is 0.120. The van der Waals surface area contributed by atoms with Crippen molar-refractivity contribution >= 4 is 0 Å². The zero-order valence-electron chi connectivity index (χ0n) is 6.56. The zero-order valence-corrected chi connectivity index (χ0v) is 6.56. The first-order valence-corrected chi connectivity index (χ1v) is 3.57. The van der Waals surface area contributed by atoms with E-state index in [1.807, 2.05) is 0 Å². The Morgan fingerprint density at radius 1 is 1.25 bits per heavy atom. The number of phenols is 1. The van der Waals surface area contributed by atoms with Crippen LogP contribution in [0.25, 0.3) is 0 Å². The third-order valence-electron chi connectivity index (χ3n) is 1.32. The molecule has 0 saturated heterocycles. The average Bonchev–Trinajstić information content (AvgIpc) is 2.09. The van der Waals surface area contributed by atoms with Crippen LogP contribution in [-0.2, 0) is 4.84 Å². The Hall–Kier alpha value is -1.26. The number of para-hydroxylation sites is 2. The summed E-state index contributed by atoms with van der Waals surface area (Å²) in [6.45, 7) is 0.627. The van der Waals surface area contributed by atoms with Crippen LogP contribution in [0.3, 0.4) is 0 Å². The molecular formula is C8H11NO3. The van der Waals surface area contributed by atoms with Gasteiger partial charge in [0.2, 0.25) is 0 Å². The first-order valence-electron chi connectivity index (χ1n) is 3.57. The van der Waals surface area contributed by atoms with Crippen molar-refractivity contribution in [3.05, 3.63) is 24.3 Å². The molecule has 4 heteroatoms. The normalized spacial score (nSPS) is 9.75. The van der Waals surface area contributed by atoms with Crippen LogP contribution < -0.4 is 10.6 Å². The summed E-state index contributed by atoms with van der Waals surface area (Å²) in [6.07, 6.45) is 0. The number of hydrogen-bond donors (Lipinski definition) is 2. The second-order valence-electron chi connectivity index (χ2n) is 2.19. The molecule has 0 unspecified atom stereocenters. The largest absolute Gasteiger partial charge is 0.504 e. The molecule has 0 aliphatic rings. The lowest BCUT2D eigenvalue weighted by molar-refractivity contribution is 0.101. The zero-order chi connectivity index (χ0) is 8.81. The summed E-state index contributed by atoms with van der Waals surface area (Å²) in [4.78, 5) is 4.30. The van der Waals surface area contributed by atoms with Crippen LogP contribution in [0.4, 0.5) is 0 Å². The highest BCUT2D eigenvalue weighted by molar-refractivity contribution is 5.37. The maximum absolute atomic E-state index is 9.21. The van der Waals surface area contributed by atoms with Crippen LogP contribution in [0.5, 0.6) is 11.5 Å². The molecule has 0 saturated carbocycles. The number of nitrogens with two attached hydrogens (primary N) is 1. The Bertz CT molecular complexity index is 239. The van der Waals surface area contributed by atoms with Crippen molar-refractivity contribution in [2.45, 2.75) is 0 Å². The van der Waals surface area contributed by atoms with E-state index in [0.29, 0.717) is 19.0 Å². The number of hydrogen-bond acceptors (Lipinski definition) is 4. The van der Waals surface area contributed by atoms with Crippen molar-refractivity contribution < 1.29 is 14.7 Å². The molecule has 0 heterocycles. The minimum Gasteiger partial charge on any atom is -0.504 e. The van der Waals surface area contributed by atoms with E-state index in [-0.39, 0.29) is 5.75 Å². The Balaban J connectivity index is 2.46. The van der Waals surface area contributed by atoms with Crippen molar-refractivity contribution in [1.29, 1.82) is 0 Å². The summed E-state index contributed by atoms with van der Waals surface area (Å²) in [5, 5.41) is 9.21. The van der Waals surface area contributed by atoms with Gasteiger partial charge < -0.3 is 14.7 Å². The van der Waals surface area contributed by atoms with Gasteiger partial charge in [0, 0.05) is 0 Å². The van der Waals surface area contributed by atoms with Gasteiger partial charge in [-0.3, -0.25) is 0 Å². The maximum Gasteiger partial charge on any atom is 0.161 e. The number of aromatic hydroxyl groups is 1. The van der Waals surface area contributed by atoms with Crippen molar-refractivity contribution in [2.75, 3.05) is 13.2 Å². The molecule has 0 amide bonds. The lowest BCUT2D eigenvalue weighted by Gasteiger charge is -2.05. The highest BCUT2D eigenvalue weighted by atomic mass is 16.6. The molecule has 0 spiro atoms. The number of ether oxygens (including phenoxy) is 1. The van der Waals surface area contributed by atoms with E-state index in [4.69, 9.17) is 10.6 Å². The van der Waals surface area contributed by atoms with Crippen LogP contribution in [0.2, 0.25) is 0 Å². The van der Waals surface area contributed by atoms with Crippen molar-refractivity contribution in [3.63, 3.8) is 0 Å². The van der Waals surface area contributed by atoms with Crippen molar-refractivity contribution in [3.8, 4) is 11.5 Å². The molecule has 0 radical (unpaired) electrons. The second kappa shape index (κ2) is 4.58. The molecule has 0 fully saturated rings. The molecule has 12 heavy (non-hydrogen) atoms. The molecule has 0 bridgehead atoms. The SMILES string of the molecule is NOCCOc1ccccc1O. The highest BCUT2D eigenvalue weighted by Gasteiger charge is 1.98. The molecule has 66 valence electrons. The summed E-state index contributed by atoms with van der Waals surface area (Å²) < 4.78 is 5.12. The predicted molar refractivity (Wildman–Crippen MR) is 43.7 cm³/mol. The van der Waals surface area contributed by atoms with E-state index in [0.717, 1.165) is 0 Å². The van der Waals surface area contributed by atoms with E-state index >= 15 is 0 Å². The van der Waals surface area contributed by atoms with Gasteiger partial charge in [0.1, 0.15) is 13.2 Å². The highest BCUT2D eigenvalue weighted by Crippen LogP contribution is 2.23. The Labute approximate surface area is 70.5 Å². The molecule has 0 atom stereocenters. The standard InChI is InChI=1S/C8H11NO3/c9-12-6-5-11-8-4-2-1-3-7(8)10/h1-4,10H,5-6,9H2. The van der Waals surface area contributed by atoms with Crippen LogP contribution in [0.15, 0.2) is 24.3 Å². The molecular weight excluding hydrogens is 158 g/mol. The lowest BCUT2D eigenvalue weighted by atomic mass is 10.3. The van der Waals surface area contributed by atoms with Gasteiger partial charge in [-0.25, -0.2) is 5.90 Å². The van der Waals surface area contributed by atoms with E-state index in [9.17, 15) is 5.11 Å². The van der Waals surface area contributed by atoms with Crippen LogP contribution in [0, 0.1) is 0 Å². The molecule has 0 aliphatic heterocycles.